The van der Waals surface area contributed by atoms with Crippen LogP contribution in [0.15, 0.2) is 18.2 Å². The molecule has 0 aromatic heterocycles. The maximum atomic E-state index is 12.9. The van der Waals surface area contributed by atoms with Crippen molar-refractivity contribution in [2.75, 3.05) is 18.5 Å². The van der Waals surface area contributed by atoms with E-state index in [-0.39, 0.29) is 18.0 Å². The lowest BCUT2D eigenvalue weighted by Gasteiger charge is -2.43. The minimum Gasteiger partial charge on any atom is -0.354 e. The Kier molecular flexibility index (Phi) is 4.40. The maximum Gasteiger partial charge on any atom is 0.257 e. The first-order valence-electron chi connectivity index (χ1n) is 9.64. The van der Waals surface area contributed by atoms with Gasteiger partial charge in [0.15, 0.2) is 0 Å². The van der Waals surface area contributed by atoms with Crippen LogP contribution in [0.25, 0.3) is 0 Å². The number of hydrogen-bond donors (Lipinski definition) is 1. The van der Waals surface area contributed by atoms with Gasteiger partial charge in [0.2, 0.25) is 0 Å². The van der Waals surface area contributed by atoms with Crippen molar-refractivity contribution in [2.24, 2.45) is 0 Å². The normalized spacial score (nSPS) is 23.9. The minimum atomic E-state index is -0.0150. The fourth-order valence-corrected chi connectivity index (χ4v) is 4.53. The lowest BCUT2D eigenvalue weighted by Crippen LogP contribution is -2.53. The fourth-order valence-electron chi connectivity index (χ4n) is 4.53. The van der Waals surface area contributed by atoms with Crippen LogP contribution in [0.3, 0.4) is 0 Å². The Morgan fingerprint density at radius 3 is 2.64 bits per heavy atom. The third-order valence-electron chi connectivity index (χ3n) is 5.99. The molecule has 1 saturated carbocycles. The molecule has 2 amide bonds. The topological polar surface area (TPSA) is 52.7 Å². The van der Waals surface area contributed by atoms with Gasteiger partial charge in [-0.25, -0.2) is 0 Å². The van der Waals surface area contributed by atoms with Crippen molar-refractivity contribution in [2.45, 2.75) is 63.6 Å². The summed E-state index contributed by atoms with van der Waals surface area (Å²) in [5.74, 6) is 0.0987. The van der Waals surface area contributed by atoms with Gasteiger partial charge in [0.25, 0.3) is 11.8 Å². The minimum absolute atomic E-state index is 0.0150. The molecule has 134 valence electrons. The molecule has 0 spiro atoms. The molecule has 2 fully saturated rings. The van der Waals surface area contributed by atoms with Crippen LogP contribution in [0.2, 0.25) is 0 Å². The van der Waals surface area contributed by atoms with E-state index in [0.29, 0.717) is 11.6 Å². The SMILES string of the molecule is CN1c2cc(C(=O)NC3CCCC3)ccc2C(=O)N2CCCCC[C@@H]21. The molecule has 4 rings (SSSR count). The predicted molar refractivity (Wildman–Crippen MR) is 97.9 cm³/mol. The number of benzene rings is 1. The van der Waals surface area contributed by atoms with Gasteiger partial charge < -0.3 is 15.1 Å². The molecular weight excluding hydrogens is 314 g/mol. The van der Waals surface area contributed by atoms with Crippen LogP contribution in [0.1, 0.15) is 72.1 Å². The molecule has 25 heavy (non-hydrogen) atoms. The van der Waals surface area contributed by atoms with Crippen molar-refractivity contribution in [3.8, 4) is 0 Å². The molecule has 1 aromatic carbocycles. The number of nitrogens with zero attached hydrogens (tertiary/aromatic N) is 2. The second kappa shape index (κ2) is 6.70. The highest BCUT2D eigenvalue weighted by atomic mass is 16.2. The number of anilines is 1. The average Bonchev–Trinajstić information content (AvgIpc) is 3.00. The predicted octanol–water partition coefficient (Wildman–Crippen LogP) is 3.15. The molecule has 0 radical (unpaired) electrons. The number of rotatable bonds is 2. The van der Waals surface area contributed by atoms with E-state index in [0.717, 1.165) is 49.9 Å². The van der Waals surface area contributed by atoms with Gasteiger partial charge in [-0.1, -0.05) is 19.3 Å². The van der Waals surface area contributed by atoms with Gasteiger partial charge in [-0.3, -0.25) is 9.59 Å². The Balaban J connectivity index is 1.61. The molecule has 1 aromatic rings. The van der Waals surface area contributed by atoms with Crippen LogP contribution in [0.4, 0.5) is 5.69 Å². The zero-order chi connectivity index (χ0) is 17.4. The van der Waals surface area contributed by atoms with E-state index in [1.807, 2.05) is 24.1 Å². The Hall–Kier alpha value is -2.04. The van der Waals surface area contributed by atoms with Gasteiger partial charge in [0, 0.05) is 25.2 Å². The van der Waals surface area contributed by atoms with Crippen LogP contribution in [0.5, 0.6) is 0 Å². The van der Waals surface area contributed by atoms with Gasteiger partial charge in [0.1, 0.15) is 6.17 Å². The molecule has 0 unspecified atom stereocenters. The molecule has 5 heteroatoms. The summed E-state index contributed by atoms with van der Waals surface area (Å²) < 4.78 is 0. The van der Waals surface area contributed by atoms with Crippen LogP contribution >= 0.6 is 0 Å². The first-order valence-corrected chi connectivity index (χ1v) is 9.64. The first kappa shape index (κ1) is 16.4. The summed E-state index contributed by atoms with van der Waals surface area (Å²) in [6.45, 7) is 0.831. The number of carbonyl (C=O) groups is 2. The van der Waals surface area contributed by atoms with E-state index < -0.39 is 0 Å². The van der Waals surface area contributed by atoms with E-state index in [1.165, 1.54) is 19.3 Å². The number of nitrogens with one attached hydrogen (secondary N) is 1. The summed E-state index contributed by atoms with van der Waals surface area (Å²) in [6, 6.07) is 5.84. The van der Waals surface area contributed by atoms with Crippen molar-refractivity contribution < 1.29 is 9.59 Å². The van der Waals surface area contributed by atoms with Crippen molar-refractivity contribution in [3.63, 3.8) is 0 Å². The number of hydrogen-bond acceptors (Lipinski definition) is 3. The number of fused-ring (bicyclic) bond motifs is 2. The van der Waals surface area contributed by atoms with Crippen molar-refractivity contribution in [1.82, 2.24) is 10.2 Å². The Labute approximate surface area is 149 Å². The molecule has 0 bridgehead atoms. The summed E-state index contributed by atoms with van der Waals surface area (Å²) in [7, 11) is 2.05. The number of carbonyl (C=O) groups excluding carboxylic acids is 2. The molecule has 2 heterocycles. The van der Waals surface area contributed by atoms with Gasteiger partial charge in [-0.15, -0.1) is 0 Å². The zero-order valence-corrected chi connectivity index (χ0v) is 15.0. The van der Waals surface area contributed by atoms with Gasteiger partial charge in [-0.05, 0) is 50.3 Å². The summed E-state index contributed by atoms with van der Waals surface area (Å²) in [5, 5.41) is 3.14. The van der Waals surface area contributed by atoms with E-state index in [9.17, 15) is 9.59 Å². The zero-order valence-electron chi connectivity index (χ0n) is 15.0. The third kappa shape index (κ3) is 3.00. The maximum absolute atomic E-state index is 12.9. The van der Waals surface area contributed by atoms with E-state index in [4.69, 9.17) is 0 Å². The lowest BCUT2D eigenvalue weighted by atomic mass is 10.0. The number of amides is 2. The Morgan fingerprint density at radius 2 is 1.84 bits per heavy atom. The summed E-state index contributed by atoms with van der Waals surface area (Å²) >= 11 is 0. The van der Waals surface area contributed by atoms with Crippen LogP contribution < -0.4 is 10.2 Å². The molecule has 1 aliphatic carbocycles. The first-order chi connectivity index (χ1) is 12.1. The highest BCUT2D eigenvalue weighted by Crippen LogP contribution is 2.34. The quantitative estimate of drug-likeness (QED) is 0.899. The van der Waals surface area contributed by atoms with E-state index >= 15 is 0 Å². The highest BCUT2D eigenvalue weighted by Gasteiger charge is 2.36. The van der Waals surface area contributed by atoms with Crippen LogP contribution in [0, 0.1) is 0 Å². The monoisotopic (exact) mass is 341 g/mol. The van der Waals surface area contributed by atoms with E-state index in [1.54, 1.807) is 6.07 Å². The van der Waals surface area contributed by atoms with Gasteiger partial charge in [-0.2, -0.15) is 0 Å². The molecule has 1 atom stereocenters. The highest BCUT2D eigenvalue weighted by molar-refractivity contribution is 6.04. The average molecular weight is 341 g/mol. The van der Waals surface area contributed by atoms with Crippen LogP contribution in [-0.4, -0.2) is 42.5 Å². The molecule has 1 saturated heterocycles. The summed E-state index contributed by atoms with van der Waals surface area (Å²) in [5.41, 5.74) is 2.28. The second-order valence-corrected chi connectivity index (χ2v) is 7.63. The van der Waals surface area contributed by atoms with Gasteiger partial charge >= 0.3 is 0 Å². The third-order valence-corrected chi connectivity index (χ3v) is 5.99. The summed E-state index contributed by atoms with van der Waals surface area (Å²) in [4.78, 5) is 29.7. The van der Waals surface area contributed by atoms with E-state index in [2.05, 4.69) is 10.2 Å². The Morgan fingerprint density at radius 1 is 1.08 bits per heavy atom. The van der Waals surface area contributed by atoms with Crippen molar-refractivity contribution >= 4 is 17.5 Å². The lowest BCUT2D eigenvalue weighted by molar-refractivity contribution is 0.0661. The molecule has 1 N–H and O–H groups in total. The standard InChI is InChI=1S/C20H27N3O2/c1-22-17-13-14(19(24)21-15-7-4-5-8-15)10-11-16(17)20(25)23-12-6-2-3-9-18(22)23/h10-11,13,15,18H,2-9,12H2,1H3,(H,21,24)/t18-/m1/s1. The Bertz CT molecular complexity index is 682. The smallest absolute Gasteiger partial charge is 0.257 e. The van der Waals surface area contributed by atoms with Crippen molar-refractivity contribution in [3.05, 3.63) is 29.3 Å². The largest absolute Gasteiger partial charge is 0.354 e. The fraction of sp³-hybridized carbons (Fsp3) is 0.600. The molecule has 2 aliphatic heterocycles. The van der Waals surface area contributed by atoms with Gasteiger partial charge in [0.05, 0.1) is 11.3 Å². The molecular formula is C20H27N3O2. The van der Waals surface area contributed by atoms with Crippen molar-refractivity contribution in [1.29, 1.82) is 0 Å². The molecule has 3 aliphatic rings. The molecule has 5 nitrogen and oxygen atoms in total. The summed E-state index contributed by atoms with van der Waals surface area (Å²) in [6.07, 6.45) is 9.07. The van der Waals surface area contributed by atoms with Crippen LogP contribution in [-0.2, 0) is 0 Å². The second-order valence-electron chi connectivity index (χ2n) is 7.63.